The molecule has 0 radical (unpaired) electrons. The van der Waals surface area contributed by atoms with Crippen molar-refractivity contribution in [1.29, 1.82) is 0 Å². The molecule has 1 aromatic heterocycles. The van der Waals surface area contributed by atoms with Crippen molar-refractivity contribution in [1.82, 2.24) is 15.2 Å². The zero-order chi connectivity index (χ0) is 21.7. The summed E-state index contributed by atoms with van der Waals surface area (Å²) in [6, 6.07) is 5.35. The second kappa shape index (κ2) is 9.77. The highest BCUT2D eigenvalue weighted by molar-refractivity contribution is 7.13. The molecule has 1 aliphatic heterocycles. The minimum Gasteiger partial charge on any atom is -0.343 e. The van der Waals surface area contributed by atoms with E-state index >= 15 is 0 Å². The molecule has 1 aromatic carbocycles. The topological polar surface area (TPSA) is 117 Å². The lowest BCUT2D eigenvalue weighted by Crippen LogP contribution is -2.38. The Morgan fingerprint density at radius 1 is 1.30 bits per heavy atom. The Labute approximate surface area is 178 Å². The monoisotopic (exact) mass is 431 g/mol. The van der Waals surface area contributed by atoms with E-state index in [-0.39, 0.29) is 17.8 Å². The van der Waals surface area contributed by atoms with Crippen LogP contribution in [0.3, 0.4) is 0 Å². The van der Waals surface area contributed by atoms with Gasteiger partial charge in [0.15, 0.2) is 5.13 Å². The van der Waals surface area contributed by atoms with Crippen LogP contribution in [0.2, 0.25) is 0 Å². The second-order valence-electron chi connectivity index (χ2n) is 7.82. The molecule has 10 heteroatoms. The maximum Gasteiger partial charge on any atom is 0.270 e. The number of nitrogens with one attached hydrogen (secondary N) is 2. The fourth-order valence-corrected chi connectivity index (χ4v) is 4.49. The van der Waals surface area contributed by atoms with Gasteiger partial charge in [0.1, 0.15) is 0 Å². The maximum atomic E-state index is 12.1. The summed E-state index contributed by atoms with van der Waals surface area (Å²) in [6.07, 6.45) is 1.25. The highest BCUT2D eigenvalue weighted by atomic mass is 32.1. The lowest BCUT2D eigenvalue weighted by atomic mass is 9.92. The van der Waals surface area contributed by atoms with Crippen molar-refractivity contribution in [2.45, 2.75) is 26.8 Å². The number of nitrogens with zero attached hydrogens (tertiary/aromatic N) is 3. The standard InChI is InChI=1S/C20H25N5O4S/c1-13-6-14(2)10-24(9-13)11-16-12-30-20(22-16)23-18(26)8-21-19(27)15-4-3-5-17(7-15)25(28)29/h3-5,7,12-14H,6,8-11H2,1-2H3,(H,21,27)(H,22,23,26). The molecule has 0 spiro atoms. The Hall–Kier alpha value is -2.85. The largest absolute Gasteiger partial charge is 0.343 e. The average molecular weight is 432 g/mol. The first-order valence-corrected chi connectivity index (χ1v) is 10.7. The number of piperidine rings is 1. The quantitative estimate of drug-likeness (QED) is 0.514. The third-order valence-corrected chi connectivity index (χ3v) is 5.66. The third-order valence-electron chi connectivity index (χ3n) is 4.86. The number of rotatable bonds is 7. The van der Waals surface area contributed by atoms with E-state index in [4.69, 9.17) is 0 Å². The summed E-state index contributed by atoms with van der Waals surface area (Å²) >= 11 is 1.35. The number of nitro groups is 1. The molecule has 2 aromatic rings. The van der Waals surface area contributed by atoms with Crippen LogP contribution in [0.4, 0.5) is 10.8 Å². The number of thiazole rings is 1. The molecule has 1 aliphatic rings. The Morgan fingerprint density at radius 3 is 2.73 bits per heavy atom. The van der Waals surface area contributed by atoms with Crippen molar-refractivity contribution in [2.75, 3.05) is 25.0 Å². The third kappa shape index (κ3) is 6.07. The Morgan fingerprint density at radius 2 is 2.03 bits per heavy atom. The summed E-state index contributed by atoms with van der Waals surface area (Å²) in [5, 5.41) is 18.4. The van der Waals surface area contributed by atoms with E-state index in [1.807, 2.05) is 5.38 Å². The number of carbonyl (C=O) groups is 2. The summed E-state index contributed by atoms with van der Waals surface area (Å²) in [5.74, 6) is 0.374. The first-order chi connectivity index (χ1) is 14.3. The van der Waals surface area contributed by atoms with E-state index in [2.05, 4.69) is 34.4 Å². The maximum absolute atomic E-state index is 12.1. The summed E-state index contributed by atoms with van der Waals surface area (Å²) in [4.78, 5) is 41.3. The van der Waals surface area contributed by atoms with Crippen molar-refractivity contribution >= 4 is 34.0 Å². The van der Waals surface area contributed by atoms with Crippen LogP contribution in [-0.2, 0) is 11.3 Å². The van der Waals surface area contributed by atoms with Gasteiger partial charge in [-0.2, -0.15) is 0 Å². The predicted molar refractivity (Wildman–Crippen MR) is 114 cm³/mol. The summed E-state index contributed by atoms with van der Waals surface area (Å²) in [5.41, 5.74) is 0.857. The molecule has 9 nitrogen and oxygen atoms in total. The summed E-state index contributed by atoms with van der Waals surface area (Å²) in [6.45, 7) is 7.12. The van der Waals surface area contributed by atoms with Crippen molar-refractivity contribution in [3.63, 3.8) is 0 Å². The molecule has 0 saturated carbocycles. The van der Waals surface area contributed by atoms with Gasteiger partial charge in [0.05, 0.1) is 17.2 Å². The fraction of sp³-hybridized carbons (Fsp3) is 0.450. The van der Waals surface area contributed by atoms with Gasteiger partial charge in [0.2, 0.25) is 5.91 Å². The van der Waals surface area contributed by atoms with Gasteiger partial charge < -0.3 is 10.6 Å². The minimum absolute atomic E-state index is 0.124. The normalized spacial score (nSPS) is 19.3. The van der Waals surface area contributed by atoms with Crippen LogP contribution >= 0.6 is 11.3 Å². The predicted octanol–water partition coefficient (Wildman–Crippen LogP) is 2.90. The molecule has 2 unspecified atom stereocenters. The van der Waals surface area contributed by atoms with E-state index in [1.54, 1.807) is 0 Å². The molecule has 2 heterocycles. The number of amides is 2. The lowest BCUT2D eigenvalue weighted by Gasteiger charge is -2.34. The van der Waals surface area contributed by atoms with E-state index < -0.39 is 16.7 Å². The number of hydrogen-bond acceptors (Lipinski definition) is 7. The van der Waals surface area contributed by atoms with Crippen LogP contribution in [0, 0.1) is 22.0 Å². The first-order valence-electron chi connectivity index (χ1n) is 9.79. The number of anilines is 1. The zero-order valence-electron chi connectivity index (χ0n) is 17.0. The van der Waals surface area contributed by atoms with Gasteiger partial charge >= 0.3 is 0 Å². The zero-order valence-corrected chi connectivity index (χ0v) is 17.8. The van der Waals surface area contributed by atoms with Crippen molar-refractivity contribution in [2.24, 2.45) is 11.8 Å². The van der Waals surface area contributed by atoms with Crippen LogP contribution in [0.15, 0.2) is 29.6 Å². The van der Waals surface area contributed by atoms with Gasteiger partial charge in [-0.25, -0.2) is 4.98 Å². The molecule has 160 valence electrons. The van der Waals surface area contributed by atoms with E-state index in [0.29, 0.717) is 17.0 Å². The molecule has 2 N–H and O–H groups in total. The highest BCUT2D eigenvalue weighted by Gasteiger charge is 2.22. The molecule has 2 amide bonds. The number of carbonyl (C=O) groups excluding carboxylic acids is 2. The van der Waals surface area contributed by atoms with E-state index in [0.717, 1.165) is 25.3 Å². The van der Waals surface area contributed by atoms with Crippen LogP contribution in [-0.4, -0.2) is 46.3 Å². The number of likely N-dealkylation sites (tertiary alicyclic amines) is 1. The molecule has 0 bridgehead atoms. The van der Waals surface area contributed by atoms with Crippen molar-refractivity contribution < 1.29 is 14.5 Å². The molecule has 30 heavy (non-hydrogen) atoms. The molecule has 3 rings (SSSR count). The molecule has 0 aliphatic carbocycles. The van der Waals surface area contributed by atoms with E-state index in [1.165, 1.54) is 42.0 Å². The number of hydrogen-bond donors (Lipinski definition) is 2. The average Bonchev–Trinajstić information content (AvgIpc) is 3.12. The van der Waals surface area contributed by atoms with Crippen molar-refractivity contribution in [3.05, 3.63) is 51.0 Å². The van der Waals surface area contributed by atoms with Crippen LogP contribution < -0.4 is 10.6 Å². The molecule has 2 atom stereocenters. The van der Waals surface area contributed by atoms with Crippen LogP contribution in [0.5, 0.6) is 0 Å². The Bertz CT molecular complexity index is 921. The molecule has 1 fully saturated rings. The van der Waals surface area contributed by atoms with Gasteiger partial charge in [-0.15, -0.1) is 11.3 Å². The van der Waals surface area contributed by atoms with Gasteiger partial charge in [0, 0.05) is 42.7 Å². The van der Waals surface area contributed by atoms with Crippen LogP contribution in [0.25, 0.3) is 0 Å². The SMILES string of the molecule is CC1CC(C)CN(Cc2csc(NC(=O)CNC(=O)c3cccc([N+](=O)[O-])c3)n2)C1. The van der Waals surface area contributed by atoms with E-state index in [9.17, 15) is 19.7 Å². The fourth-order valence-electron chi connectivity index (χ4n) is 3.77. The highest BCUT2D eigenvalue weighted by Crippen LogP contribution is 2.24. The number of benzene rings is 1. The van der Waals surface area contributed by atoms with Gasteiger partial charge in [-0.3, -0.25) is 24.6 Å². The van der Waals surface area contributed by atoms with Gasteiger partial charge in [-0.1, -0.05) is 19.9 Å². The number of nitro benzene ring substituents is 1. The minimum atomic E-state index is -0.575. The van der Waals surface area contributed by atoms with Gasteiger partial charge in [0.25, 0.3) is 11.6 Å². The molecule has 1 saturated heterocycles. The molecular weight excluding hydrogens is 406 g/mol. The summed E-state index contributed by atoms with van der Waals surface area (Å²) in [7, 11) is 0. The van der Waals surface area contributed by atoms with Gasteiger partial charge in [-0.05, 0) is 24.3 Å². The Kier molecular flexibility index (Phi) is 7.11. The Balaban J connectivity index is 1.48. The number of non-ortho nitro benzene ring substituents is 1. The molecular formula is C20H25N5O4S. The smallest absolute Gasteiger partial charge is 0.270 e. The second-order valence-corrected chi connectivity index (χ2v) is 8.68. The lowest BCUT2D eigenvalue weighted by molar-refractivity contribution is -0.384. The van der Waals surface area contributed by atoms with Crippen molar-refractivity contribution in [3.8, 4) is 0 Å². The van der Waals surface area contributed by atoms with Crippen LogP contribution in [0.1, 0.15) is 36.3 Å². The summed E-state index contributed by atoms with van der Waals surface area (Å²) < 4.78 is 0. The number of aromatic nitrogens is 1. The first kappa shape index (κ1) is 21.8.